The first kappa shape index (κ1) is 19.2. The number of carbonyl (C=O) groups excluding carboxylic acids is 1. The molecule has 0 spiro atoms. The molecule has 0 atom stereocenters. The highest BCUT2D eigenvalue weighted by Crippen LogP contribution is 2.34. The number of rotatable bonds is 6. The Balaban J connectivity index is 1.70. The Labute approximate surface area is 161 Å². The Morgan fingerprint density at radius 2 is 1.85 bits per heavy atom. The molecule has 1 heterocycles. The van der Waals surface area contributed by atoms with Crippen molar-refractivity contribution in [3.8, 4) is 0 Å². The Kier molecular flexibility index (Phi) is 6.02. The first-order valence-corrected chi connectivity index (χ1v) is 9.69. The van der Waals surface area contributed by atoms with E-state index in [1.165, 1.54) is 41.3 Å². The van der Waals surface area contributed by atoms with Crippen LogP contribution in [0.15, 0.2) is 64.3 Å². The van der Waals surface area contributed by atoms with Crippen LogP contribution in [0.2, 0.25) is 0 Å². The zero-order valence-corrected chi connectivity index (χ0v) is 15.4. The van der Waals surface area contributed by atoms with Crippen molar-refractivity contribution in [3.63, 3.8) is 0 Å². The molecule has 4 nitrogen and oxygen atoms in total. The van der Waals surface area contributed by atoms with Crippen molar-refractivity contribution in [1.82, 2.24) is 10.4 Å². The van der Waals surface area contributed by atoms with Gasteiger partial charge in [-0.3, -0.25) is 15.6 Å². The van der Waals surface area contributed by atoms with Gasteiger partial charge >= 0.3 is 6.18 Å². The third-order valence-electron chi connectivity index (χ3n) is 3.53. The van der Waals surface area contributed by atoms with E-state index >= 15 is 0 Å². The molecule has 2 aromatic carbocycles. The summed E-state index contributed by atoms with van der Waals surface area (Å²) >= 11 is 2.93. The number of hydrogen-bond acceptors (Lipinski definition) is 5. The minimum Gasteiger partial charge on any atom is -0.298 e. The molecule has 0 unspecified atom stereocenters. The van der Waals surface area contributed by atoms with E-state index in [-0.39, 0.29) is 5.69 Å². The number of halogens is 3. The number of thiazole rings is 1. The molecule has 0 saturated heterocycles. The van der Waals surface area contributed by atoms with E-state index < -0.39 is 17.6 Å². The van der Waals surface area contributed by atoms with Crippen molar-refractivity contribution in [2.24, 2.45) is 0 Å². The van der Waals surface area contributed by atoms with Gasteiger partial charge in [-0.2, -0.15) is 13.2 Å². The Morgan fingerprint density at radius 1 is 1.11 bits per heavy atom. The normalized spacial score (nSPS) is 11.2. The molecule has 0 aliphatic heterocycles. The first-order chi connectivity index (χ1) is 12.9. The highest BCUT2D eigenvalue weighted by atomic mass is 32.2. The van der Waals surface area contributed by atoms with E-state index in [2.05, 4.69) is 15.8 Å². The zero-order valence-electron chi connectivity index (χ0n) is 13.8. The number of aromatic nitrogens is 1. The average Bonchev–Trinajstić information content (AvgIpc) is 3.18. The summed E-state index contributed by atoms with van der Waals surface area (Å²) in [4.78, 5) is 17.4. The van der Waals surface area contributed by atoms with E-state index in [0.717, 1.165) is 11.8 Å². The van der Waals surface area contributed by atoms with Gasteiger partial charge in [-0.05, 0) is 24.3 Å². The summed E-state index contributed by atoms with van der Waals surface area (Å²) in [5, 5.41) is 1.92. The summed E-state index contributed by atoms with van der Waals surface area (Å²) in [5.74, 6) is 0.0753. The fourth-order valence-electron chi connectivity index (χ4n) is 2.27. The summed E-state index contributed by atoms with van der Waals surface area (Å²) in [5.41, 5.74) is 6.66. The number of benzene rings is 2. The molecule has 9 heteroatoms. The van der Waals surface area contributed by atoms with Crippen LogP contribution in [0, 0.1) is 0 Å². The van der Waals surface area contributed by atoms with Gasteiger partial charge in [0.2, 0.25) is 0 Å². The number of anilines is 1. The summed E-state index contributed by atoms with van der Waals surface area (Å²) < 4.78 is 39.1. The van der Waals surface area contributed by atoms with Crippen molar-refractivity contribution >= 4 is 34.7 Å². The van der Waals surface area contributed by atoms with Crippen LogP contribution in [0.4, 0.5) is 18.9 Å². The lowest BCUT2D eigenvalue weighted by molar-refractivity contribution is -0.137. The fraction of sp³-hybridized carbons (Fsp3) is 0.111. The van der Waals surface area contributed by atoms with Crippen LogP contribution < -0.4 is 10.9 Å². The molecule has 0 fully saturated rings. The monoisotopic (exact) mass is 409 g/mol. The van der Waals surface area contributed by atoms with Crippen LogP contribution in [0.1, 0.15) is 21.6 Å². The topological polar surface area (TPSA) is 54.0 Å². The highest BCUT2D eigenvalue weighted by molar-refractivity contribution is 7.98. The number of para-hydroxylation sites is 1. The quantitative estimate of drug-likeness (QED) is 0.433. The molecule has 1 amide bonds. The van der Waals surface area contributed by atoms with Crippen LogP contribution in [0.25, 0.3) is 0 Å². The van der Waals surface area contributed by atoms with Crippen LogP contribution >= 0.6 is 23.1 Å². The van der Waals surface area contributed by atoms with Crippen molar-refractivity contribution < 1.29 is 18.0 Å². The van der Waals surface area contributed by atoms with Crippen molar-refractivity contribution in [2.45, 2.75) is 16.8 Å². The Hall–Kier alpha value is -2.52. The molecule has 1 aromatic heterocycles. The molecular weight excluding hydrogens is 395 g/mol. The van der Waals surface area contributed by atoms with Crippen LogP contribution in [0.5, 0.6) is 0 Å². The molecule has 0 aliphatic carbocycles. The predicted molar refractivity (Wildman–Crippen MR) is 101 cm³/mol. The maximum absolute atomic E-state index is 13.0. The molecule has 27 heavy (non-hydrogen) atoms. The minimum absolute atomic E-state index is 0.217. The van der Waals surface area contributed by atoms with Gasteiger partial charge in [0.25, 0.3) is 5.91 Å². The van der Waals surface area contributed by atoms with Gasteiger partial charge in [-0.15, -0.1) is 23.1 Å². The van der Waals surface area contributed by atoms with E-state index in [1.807, 2.05) is 5.38 Å². The van der Waals surface area contributed by atoms with Crippen molar-refractivity contribution in [2.75, 3.05) is 5.43 Å². The SMILES string of the molecule is O=C(NNc1ccccc1C(F)(F)F)c1ccccc1SCc1cscn1. The Bertz CT molecular complexity index is 914. The van der Waals surface area contributed by atoms with Gasteiger partial charge in [-0.1, -0.05) is 24.3 Å². The molecule has 3 aromatic rings. The van der Waals surface area contributed by atoms with Gasteiger partial charge in [0, 0.05) is 16.0 Å². The van der Waals surface area contributed by atoms with Crippen LogP contribution in [-0.4, -0.2) is 10.9 Å². The molecule has 0 bridgehead atoms. The maximum atomic E-state index is 13.0. The third kappa shape index (κ3) is 5.01. The molecule has 0 aliphatic rings. The molecule has 3 rings (SSSR count). The number of nitrogens with zero attached hydrogens (tertiary/aromatic N) is 1. The fourth-order valence-corrected chi connectivity index (χ4v) is 3.89. The van der Waals surface area contributed by atoms with Crippen molar-refractivity contribution in [1.29, 1.82) is 0 Å². The molecule has 2 N–H and O–H groups in total. The van der Waals surface area contributed by atoms with E-state index in [1.54, 1.807) is 29.8 Å². The summed E-state index contributed by atoms with van der Waals surface area (Å²) in [6.07, 6.45) is -4.52. The molecule has 0 saturated carbocycles. The number of hydrogen-bond donors (Lipinski definition) is 2. The minimum atomic E-state index is -4.52. The number of hydrazine groups is 1. The third-order valence-corrected chi connectivity index (χ3v) is 5.28. The van der Waals surface area contributed by atoms with Crippen LogP contribution in [0.3, 0.4) is 0 Å². The van der Waals surface area contributed by atoms with E-state index in [4.69, 9.17) is 0 Å². The summed E-state index contributed by atoms with van der Waals surface area (Å²) in [6.45, 7) is 0. The molecule has 140 valence electrons. The lowest BCUT2D eigenvalue weighted by Gasteiger charge is -2.15. The number of thioether (sulfide) groups is 1. The van der Waals surface area contributed by atoms with Gasteiger partial charge in [0.05, 0.1) is 28.0 Å². The van der Waals surface area contributed by atoms with Gasteiger partial charge < -0.3 is 0 Å². The second-order valence-electron chi connectivity index (χ2n) is 5.39. The zero-order chi connectivity index (χ0) is 19.3. The predicted octanol–water partition coefficient (Wildman–Crippen LogP) is 5.21. The standard InChI is InChI=1S/C18H14F3N3OS2/c19-18(20,21)14-6-2-3-7-15(14)23-24-17(25)13-5-1-4-8-16(13)27-10-12-9-26-11-22-12/h1-9,11,23H,10H2,(H,24,25). The lowest BCUT2D eigenvalue weighted by atomic mass is 10.2. The first-order valence-electron chi connectivity index (χ1n) is 7.76. The maximum Gasteiger partial charge on any atom is 0.418 e. The number of alkyl halides is 3. The Morgan fingerprint density at radius 3 is 2.59 bits per heavy atom. The number of carbonyl (C=O) groups is 1. The molecule has 0 radical (unpaired) electrons. The second-order valence-corrected chi connectivity index (χ2v) is 7.12. The van der Waals surface area contributed by atoms with E-state index in [0.29, 0.717) is 16.2 Å². The summed E-state index contributed by atoms with van der Waals surface area (Å²) in [6, 6.07) is 11.9. The van der Waals surface area contributed by atoms with E-state index in [9.17, 15) is 18.0 Å². The number of amides is 1. The molecular formula is C18H14F3N3OS2. The smallest absolute Gasteiger partial charge is 0.298 e. The van der Waals surface area contributed by atoms with Gasteiger partial charge in [0.15, 0.2) is 0 Å². The van der Waals surface area contributed by atoms with Gasteiger partial charge in [-0.25, -0.2) is 4.98 Å². The second kappa shape index (κ2) is 8.45. The lowest BCUT2D eigenvalue weighted by Crippen LogP contribution is -2.30. The average molecular weight is 409 g/mol. The largest absolute Gasteiger partial charge is 0.418 e. The summed E-state index contributed by atoms with van der Waals surface area (Å²) in [7, 11) is 0. The van der Waals surface area contributed by atoms with Crippen molar-refractivity contribution in [3.05, 3.63) is 76.2 Å². The van der Waals surface area contributed by atoms with Crippen LogP contribution in [-0.2, 0) is 11.9 Å². The number of nitrogens with one attached hydrogen (secondary N) is 2. The highest BCUT2D eigenvalue weighted by Gasteiger charge is 2.33. The van der Waals surface area contributed by atoms with Gasteiger partial charge in [0.1, 0.15) is 0 Å².